The molecule has 0 aromatic carbocycles. The standard InChI is InChI=1S/C14H21N5O/c1-9(2)6-11(8-15)7-13-18-14(19-20-13)12-4-5-16-10(3)17-12/h4-5,9,11H,6-8,15H2,1-3H3. The van der Waals surface area contributed by atoms with Crippen molar-refractivity contribution >= 4 is 0 Å². The number of nitrogens with two attached hydrogens (primary N) is 1. The predicted molar refractivity (Wildman–Crippen MR) is 75.8 cm³/mol. The van der Waals surface area contributed by atoms with Crippen LogP contribution in [0, 0.1) is 18.8 Å². The average Bonchev–Trinajstić information content (AvgIpc) is 2.86. The molecule has 0 fully saturated rings. The highest BCUT2D eigenvalue weighted by molar-refractivity contribution is 5.46. The van der Waals surface area contributed by atoms with Gasteiger partial charge in [0, 0.05) is 12.6 Å². The minimum Gasteiger partial charge on any atom is -0.339 e. The van der Waals surface area contributed by atoms with E-state index in [1.807, 2.05) is 6.92 Å². The molecular formula is C14H21N5O. The Balaban J connectivity index is 2.09. The second-order valence-corrected chi connectivity index (χ2v) is 5.44. The summed E-state index contributed by atoms with van der Waals surface area (Å²) in [4.78, 5) is 12.7. The van der Waals surface area contributed by atoms with Crippen molar-refractivity contribution in [2.24, 2.45) is 17.6 Å². The highest BCUT2D eigenvalue weighted by Crippen LogP contribution is 2.18. The van der Waals surface area contributed by atoms with Crippen molar-refractivity contribution in [3.8, 4) is 11.5 Å². The monoisotopic (exact) mass is 275 g/mol. The fraction of sp³-hybridized carbons (Fsp3) is 0.571. The second-order valence-electron chi connectivity index (χ2n) is 5.44. The lowest BCUT2D eigenvalue weighted by atomic mass is 9.94. The molecule has 0 radical (unpaired) electrons. The second kappa shape index (κ2) is 6.56. The highest BCUT2D eigenvalue weighted by Gasteiger charge is 2.16. The summed E-state index contributed by atoms with van der Waals surface area (Å²) in [6, 6.07) is 1.77. The smallest absolute Gasteiger partial charge is 0.227 e. The van der Waals surface area contributed by atoms with Gasteiger partial charge in [0.15, 0.2) is 0 Å². The van der Waals surface area contributed by atoms with Gasteiger partial charge in [0.05, 0.1) is 0 Å². The largest absolute Gasteiger partial charge is 0.339 e. The molecule has 2 aromatic rings. The van der Waals surface area contributed by atoms with Crippen LogP contribution in [0.15, 0.2) is 16.8 Å². The van der Waals surface area contributed by atoms with Crippen molar-refractivity contribution in [3.63, 3.8) is 0 Å². The number of aromatic nitrogens is 4. The quantitative estimate of drug-likeness (QED) is 0.867. The first-order valence-electron chi connectivity index (χ1n) is 6.91. The summed E-state index contributed by atoms with van der Waals surface area (Å²) in [7, 11) is 0. The summed E-state index contributed by atoms with van der Waals surface area (Å²) in [6.45, 7) is 6.83. The molecule has 0 bridgehead atoms. The van der Waals surface area contributed by atoms with Gasteiger partial charge in [-0.15, -0.1) is 0 Å². The van der Waals surface area contributed by atoms with Crippen LogP contribution in [0.5, 0.6) is 0 Å². The third-order valence-corrected chi connectivity index (χ3v) is 3.07. The molecular weight excluding hydrogens is 254 g/mol. The molecule has 0 aliphatic carbocycles. The molecule has 2 rings (SSSR count). The van der Waals surface area contributed by atoms with E-state index in [1.165, 1.54) is 0 Å². The molecule has 0 spiro atoms. The fourth-order valence-corrected chi connectivity index (χ4v) is 2.20. The maximum Gasteiger partial charge on any atom is 0.227 e. The molecule has 0 saturated heterocycles. The molecule has 6 nitrogen and oxygen atoms in total. The lowest BCUT2D eigenvalue weighted by molar-refractivity contribution is 0.332. The fourth-order valence-electron chi connectivity index (χ4n) is 2.20. The Kier molecular flexibility index (Phi) is 4.79. The van der Waals surface area contributed by atoms with Crippen molar-refractivity contribution in [1.82, 2.24) is 20.1 Å². The van der Waals surface area contributed by atoms with Crippen LogP contribution in [0.2, 0.25) is 0 Å². The molecule has 0 amide bonds. The zero-order chi connectivity index (χ0) is 14.5. The minimum atomic E-state index is 0.371. The van der Waals surface area contributed by atoms with Gasteiger partial charge in [-0.25, -0.2) is 9.97 Å². The molecule has 2 heterocycles. The SMILES string of the molecule is Cc1nccc(-c2noc(CC(CN)CC(C)C)n2)n1. The van der Waals surface area contributed by atoms with Crippen molar-refractivity contribution in [3.05, 3.63) is 24.0 Å². The van der Waals surface area contributed by atoms with Crippen LogP contribution in [-0.2, 0) is 6.42 Å². The van der Waals surface area contributed by atoms with Gasteiger partial charge in [-0.1, -0.05) is 19.0 Å². The van der Waals surface area contributed by atoms with Gasteiger partial charge >= 0.3 is 0 Å². The zero-order valence-electron chi connectivity index (χ0n) is 12.2. The first-order chi connectivity index (χ1) is 9.58. The molecule has 1 atom stereocenters. The van der Waals surface area contributed by atoms with Crippen molar-refractivity contribution in [1.29, 1.82) is 0 Å². The van der Waals surface area contributed by atoms with Gasteiger partial charge in [0.1, 0.15) is 11.5 Å². The van der Waals surface area contributed by atoms with E-state index in [2.05, 4.69) is 34.0 Å². The molecule has 0 saturated carbocycles. The van der Waals surface area contributed by atoms with Gasteiger partial charge in [0.25, 0.3) is 0 Å². The van der Waals surface area contributed by atoms with E-state index in [-0.39, 0.29) is 0 Å². The van der Waals surface area contributed by atoms with Crippen molar-refractivity contribution in [2.75, 3.05) is 6.54 Å². The van der Waals surface area contributed by atoms with Crippen LogP contribution < -0.4 is 5.73 Å². The van der Waals surface area contributed by atoms with Crippen LogP contribution in [0.3, 0.4) is 0 Å². The number of nitrogens with zero attached hydrogens (tertiary/aromatic N) is 4. The number of hydrogen-bond donors (Lipinski definition) is 1. The molecule has 0 aliphatic heterocycles. The highest BCUT2D eigenvalue weighted by atomic mass is 16.5. The summed E-state index contributed by atoms with van der Waals surface area (Å²) in [6.07, 6.45) is 3.46. The Bertz CT molecular complexity index is 552. The van der Waals surface area contributed by atoms with Gasteiger partial charge in [-0.05, 0) is 37.8 Å². The van der Waals surface area contributed by atoms with E-state index in [1.54, 1.807) is 12.3 Å². The Hall–Kier alpha value is -1.82. The van der Waals surface area contributed by atoms with Crippen LogP contribution in [-0.4, -0.2) is 26.7 Å². The normalized spacial score (nSPS) is 12.8. The Morgan fingerprint density at radius 2 is 2.10 bits per heavy atom. The molecule has 20 heavy (non-hydrogen) atoms. The summed E-state index contributed by atoms with van der Waals surface area (Å²) in [5, 5.41) is 3.98. The van der Waals surface area contributed by atoms with E-state index >= 15 is 0 Å². The van der Waals surface area contributed by atoms with E-state index in [4.69, 9.17) is 10.3 Å². The molecule has 0 aliphatic rings. The van der Waals surface area contributed by atoms with Crippen LogP contribution in [0.25, 0.3) is 11.5 Å². The average molecular weight is 275 g/mol. The van der Waals surface area contributed by atoms with Crippen LogP contribution in [0.1, 0.15) is 32.0 Å². The van der Waals surface area contributed by atoms with E-state index < -0.39 is 0 Å². The summed E-state index contributed by atoms with van der Waals surface area (Å²) >= 11 is 0. The maximum atomic E-state index is 5.80. The lowest BCUT2D eigenvalue weighted by Gasteiger charge is -2.14. The molecule has 108 valence electrons. The third kappa shape index (κ3) is 3.84. The van der Waals surface area contributed by atoms with Gasteiger partial charge < -0.3 is 10.3 Å². The topological polar surface area (TPSA) is 90.7 Å². The summed E-state index contributed by atoms with van der Waals surface area (Å²) in [5.74, 6) is 2.79. The lowest BCUT2D eigenvalue weighted by Crippen LogP contribution is -2.19. The van der Waals surface area contributed by atoms with E-state index in [0.717, 1.165) is 6.42 Å². The first-order valence-corrected chi connectivity index (χ1v) is 6.91. The number of aryl methyl sites for hydroxylation is 1. The Morgan fingerprint density at radius 3 is 2.75 bits per heavy atom. The first kappa shape index (κ1) is 14.6. The summed E-state index contributed by atoms with van der Waals surface area (Å²) < 4.78 is 5.30. The van der Waals surface area contributed by atoms with Gasteiger partial charge in [0.2, 0.25) is 11.7 Å². The Labute approximate surface area is 118 Å². The molecule has 2 N–H and O–H groups in total. The third-order valence-electron chi connectivity index (χ3n) is 3.07. The summed E-state index contributed by atoms with van der Waals surface area (Å²) in [5.41, 5.74) is 6.48. The van der Waals surface area contributed by atoms with E-state index in [9.17, 15) is 0 Å². The molecule has 1 unspecified atom stereocenters. The zero-order valence-corrected chi connectivity index (χ0v) is 12.2. The van der Waals surface area contributed by atoms with Crippen LogP contribution >= 0.6 is 0 Å². The van der Waals surface area contributed by atoms with Crippen LogP contribution in [0.4, 0.5) is 0 Å². The van der Waals surface area contributed by atoms with Crippen molar-refractivity contribution in [2.45, 2.75) is 33.6 Å². The molecule has 6 heteroatoms. The Morgan fingerprint density at radius 1 is 1.30 bits per heavy atom. The predicted octanol–water partition coefficient (Wildman–Crippen LogP) is 2.00. The van der Waals surface area contributed by atoms with E-state index in [0.29, 0.717) is 48.0 Å². The van der Waals surface area contributed by atoms with Gasteiger partial charge in [-0.3, -0.25) is 0 Å². The van der Waals surface area contributed by atoms with Gasteiger partial charge in [-0.2, -0.15) is 4.98 Å². The number of rotatable bonds is 6. The number of hydrogen-bond acceptors (Lipinski definition) is 6. The maximum absolute atomic E-state index is 5.80. The molecule has 2 aromatic heterocycles. The van der Waals surface area contributed by atoms with Crippen molar-refractivity contribution < 1.29 is 4.52 Å². The minimum absolute atomic E-state index is 0.371.